The lowest BCUT2D eigenvalue weighted by molar-refractivity contribution is -0.116. The number of carbonyl (C=O) groups excluding carboxylic acids is 2. The monoisotopic (exact) mass is 401 g/mol. The van der Waals surface area contributed by atoms with Crippen LogP contribution in [0.2, 0.25) is 0 Å². The molecule has 0 unspecified atom stereocenters. The molecule has 1 N–H and O–H groups in total. The van der Waals surface area contributed by atoms with Crippen LogP contribution in [0.25, 0.3) is 0 Å². The lowest BCUT2D eigenvalue weighted by atomic mass is 10.2. The van der Waals surface area contributed by atoms with Crippen molar-refractivity contribution < 1.29 is 14.0 Å². The number of benzene rings is 1. The van der Waals surface area contributed by atoms with Crippen molar-refractivity contribution in [2.24, 2.45) is 0 Å². The van der Waals surface area contributed by atoms with Gasteiger partial charge in [0, 0.05) is 28.7 Å². The summed E-state index contributed by atoms with van der Waals surface area (Å²) in [5.74, 6) is -0.394. The second-order valence-corrected chi connectivity index (χ2v) is 8.20. The smallest absolute Gasteiger partial charge is 0.289 e. The highest BCUT2D eigenvalue weighted by molar-refractivity contribution is 8.01. The number of carbonyl (C=O) groups is 2. The molecule has 3 aromatic rings. The zero-order valence-electron chi connectivity index (χ0n) is 15.2. The van der Waals surface area contributed by atoms with Crippen LogP contribution in [0.4, 0.5) is 5.69 Å². The molecule has 0 aliphatic heterocycles. The number of nitrogens with zero attached hydrogens (tertiary/aromatic N) is 2. The van der Waals surface area contributed by atoms with Gasteiger partial charge in [0.15, 0.2) is 10.1 Å². The molecular weight excluding hydrogens is 382 g/mol. The number of anilines is 1. The van der Waals surface area contributed by atoms with Gasteiger partial charge in [-0.3, -0.25) is 9.59 Å². The number of aryl methyl sites for hydroxylation is 2. The summed E-state index contributed by atoms with van der Waals surface area (Å²) >= 11 is 3.21. The third-order valence-corrected chi connectivity index (χ3v) is 5.78. The summed E-state index contributed by atoms with van der Waals surface area (Å²) in [4.78, 5) is 31.2. The highest BCUT2D eigenvalue weighted by Gasteiger charge is 2.17. The molecule has 27 heavy (non-hydrogen) atoms. The lowest BCUT2D eigenvalue weighted by Gasteiger charge is -2.16. The number of rotatable bonds is 6. The largest absolute Gasteiger partial charge is 0.459 e. The number of furan rings is 1. The van der Waals surface area contributed by atoms with E-state index in [1.807, 2.05) is 37.4 Å². The van der Waals surface area contributed by atoms with Gasteiger partial charge in [0.05, 0.1) is 12.8 Å². The highest BCUT2D eigenvalue weighted by Crippen LogP contribution is 2.32. The first-order valence-corrected chi connectivity index (χ1v) is 9.91. The molecule has 0 bridgehead atoms. The van der Waals surface area contributed by atoms with Gasteiger partial charge in [-0.25, -0.2) is 4.98 Å². The van der Waals surface area contributed by atoms with Gasteiger partial charge < -0.3 is 14.6 Å². The number of likely N-dealkylation sites (N-methyl/N-ethyl adjacent to an activating group) is 1. The number of amides is 2. The van der Waals surface area contributed by atoms with E-state index < -0.39 is 0 Å². The maximum Gasteiger partial charge on any atom is 0.289 e. The van der Waals surface area contributed by atoms with Crippen LogP contribution < -0.4 is 5.32 Å². The van der Waals surface area contributed by atoms with Crippen molar-refractivity contribution in [3.63, 3.8) is 0 Å². The zero-order chi connectivity index (χ0) is 19.4. The van der Waals surface area contributed by atoms with Gasteiger partial charge in [0.25, 0.3) is 5.91 Å². The SMILES string of the molecule is Cc1csc(Sc2ccc(NC(=O)CN(C)C(=O)c3ccco3)c(C)c2)n1. The van der Waals surface area contributed by atoms with E-state index >= 15 is 0 Å². The van der Waals surface area contributed by atoms with Crippen molar-refractivity contribution in [1.82, 2.24) is 9.88 Å². The predicted octanol–water partition coefficient (Wildman–Crippen LogP) is 4.21. The molecule has 3 rings (SSSR count). The van der Waals surface area contributed by atoms with Crippen molar-refractivity contribution in [3.05, 3.63) is 59.0 Å². The summed E-state index contributed by atoms with van der Waals surface area (Å²) in [5.41, 5.74) is 2.68. The molecular formula is C19H19N3O3S2. The van der Waals surface area contributed by atoms with Crippen LogP contribution in [-0.2, 0) is 4.79 Å². The zero-order valence-corrected chi connectivity index (χ0v) is 16.8. The van der Waals surface area contributed by atoms with Gasteiger partial charge in [-0.1, -0.05) is 11.8 Å². The van der Waals surface area contributed by atoms with E-state index in [2.05, 4.69) is 10.3 Å². The van der Waals surface area contributed by atoms with Crippen LogP contribution in [0.5, 0.6) is 0 Å². The fourth-order valence-electron chi connectivity index (χ4n) is 2.39. The van der Waals surface area contributed by atoms with E-state index in [4.69, 9.17) is 4.42 Å². The molecule has 0 aliphatic rings. The second kappa shape index (κ2) is 8.41. The number of nitrogens with one attached hydrogen (secondary N) is 1. The normalized spacial score (nSPS) is 10.6. The highest BCUT2D eigenvalue weighted by atomic mass is 32.2. The third-order valence-electron chi connectivity index (χ3n) is 3.73. The molecule has 0 saturated heterocycles. The summed E-state index contributed by atoms with van der Waals surface area (Å²) in [7, 11) is 1.56. The Morgan fingerprint density at radius 1 is 1.30 bits per heavy atom. The van der Waals surface area contributed by atoms with Crippen molar-refractivity contribution >= 4 is 40.6 Å². The Labute approximate surface area is 165 Å². The van der Waals surface area contributed by atoms with Gasteiger partial charge in [0.2, 0.25) is 5.91 Å². The van der Waals surface area contributed by atoms with E-state index in [9.17, 15) is 9.59 Å². The Balaban J connectivity index is 1.59. The minimum Gasteiger partial charge on any atom is -0.459 e. The summed E-state index contributed by atoms with van der Waals surface area (Å²) in [5, 5.41) is 4.87. The van der Waals surface area contributed by atoms with Gasteiger partial charge >= 0.3 is 0 Å². The molecule has 140 valence electrons. The number of hydrogen-bond acceptors (Lipinski definition) is 6. The molecule has 0 aliphatic carbocycles. The lowest BCUT2D eigenvalue weighted by Crippen LogP contribution is -2.34. The van der Waals surface area contributed by atoms with Crippen molar-refractivity contribution in [2.45, 2.75) is 23.1 Å². The predicted molar refractivity (Wildman–Crippen MR) is 106 cm³/mol. The Kier molecular flexibility index (Phi) is 5.98. The molecule has 0 atom stereocenters. The molecule has 2 amide bonds. The molecule has 0 radical (unpaired) electrons. The second-order valence-electron chi connectivity index (χ2n) is 6.02. The fourth-order valence-corrected chi connectivity index (χ4v) is 4.29. The van der Waals surface area contributed by atoms with E-state index in [1.54, 1.807) is 42.3 Å². The van der Waals surface area contributed by atoms with E-state index in [0.29, 0.717) is 0 Å². The minimum atomic E-state index is -0.336. The molecule has 2 aromatic heterocycles. The fraction of sp³-hybridized carbons (Fsp3) is 0.211. The van der Waals surface area contributed by atoms with Crippen LogP contribution in [-0.4, -0.2) is 35.3 Å². The number of aromatic nitrogens is 1. The first-order chi connectivity index (χ1) is 12.9. The van der Waals surface area contributed by atoms with Gasteiger partial charge in [-0.05, 0) is 49.7 Å². The molecule has 6 nitrogen and oxygen atoms in total. The Morgan fingerprint density at radius 3 is 2.74 bits per heavy atom. The number of hydrogen-bond donors (Lipinski definition) is 1. The summed E-state index contributed by atoms with van der Waals surface area (Å²) in [6.45, 7) is 3.84. The topological polar surface area (TPSA) is 75.4 Å². The van der Waals surface area contributed by atoms with Crippen LogP contribution in [0.15, 0.2) is 55.6 Å². The van der Waals surface area contributed by atoms with Crippen molar-refractivity contribution in [2.75, 3.05) is 18.9 Å². The molecule has 8 heteroatoms. The van der Waals surface area contributed by atoms with Gasteiger partial charge in [-0.15, -0.1) is 11.3 Å². The maximum absolute atomic E-state index is 12.3. The molecule has 0 saturated carbocycles. The summed E-state index contributed by atoms with van der Waals surface area (Å²) in [6.07, 6.45) is 1.43. The van der Waals surface area contributed by atoms with E-state index in [0.717, 1.165) is 26.2 Å². The average Bonchev–Trinajstić information content (AvgIpc) is 3.28. The van der Waals surface area contributed by atoms with Crippen LogP contribution in [0, 0.1) is 13.8 Å². The minimum absolute atomic E-state index is 0.0616. The van der Waals surface area contributed by atoms with Crippen LogP contribution in [0.3, 0.4) is 0 Å². The molecule has 0 spiro atoms. The first-order valence-electron chi connectivity index (χ1n) is 8.22. The first kappa shape index (κ1) is 19.2. The van der Waals surface area contributed by atoms with Crippen LogP contribution >= 0.6 is 23.1 Å². The molecule has 1 aromatic carbocycles. The van der Waals surface area contributed by atoms with E-state index in [-0.39, 0.29) is 24.1 Å². The van der Waals surface area contributed by atoms with E-state index in [1.165, 1.54) is 11.2 Å². The standard InChI is InChI=1S/C19H19N3O3S2/c1-12-9-14(27-19-20-13(2)11-26-19)6-7-15(12)21-17(23)10-22(3)18(24)16-5-4-8-25-16/h4-9,11H,10H2,1-3H3,(H,21,23). The van der Waals surface area contributed by atoms with Crippen molar-refractivity contribution in [3.8, 4) is 0 Å². The van der Waals surface area contributed by atoms with Crippen LogP contribution in [0.1, 0.15) is 21.8 Å². The molecule has 0 fully saturated rings. The van der Waals surface area contributed by atoms with Gasteiger partial charge in [0.1, 0.15) is 0 Å². The number of thiazole rings is 1. The summed E-state index contributed by atoms with van der Waals surface area (Å²) < 4.78 is 6.06. The van der Waals surface area contributed by atoms with Gasteiger partial charge in [-0.2, -0.15) is 0 Å². The Morgan fingerprint density at radius 2 is 2.11 bits per heavy atom. The third kappa shape index (κ3) is 4.99. The summed E-state index contributed by atoms with van der Waals surface area (Å²) in [6, 6.07) is 9.03. The Hall–Kier alpha value is -2.58. The van der Waals surface area contributed by atoms with Crippen molar-refractivity contribution in [1.29, 1.82) is 0 Å². The maximum atomic E-state index is 12.3. The Bertz CT molecular complexity index is 951. The average molecular weight is 402 g/mol. The molecule has 2 heterocycles. The quantitative estimate of drug-likeness (QED) is 0.669.